The van der Waals surface area contributed by atoms with Gasteiger partial charge < -0.3 is 14.6 Å². The summed E-state index contributed by atoms with van der Waals surface area (Å²) in [5, 5.41) is 10.3. The highest BCUT2D eigenvalue weighted by Crippen LogP contribution is 2.46. The summed E-state index contributed by atoms with van der Waals surface area (Å²) in [7, 11) is 0. The van der Waals surface area contributed by atoms with Gasteiger partial charge in [-0.15, -0.1) is 0 Å². The molecule has 0 aliphatic carbocycles. The first-order chi connectivity index (χ1) is 8.97. The van der Waals surface area contributed by atoms with Gasteiger partial charge >= 0.3 is 0 Å². The van der Waals surface area contributed by atoms with Crippen LogP contribution >= 0.6 is 0 Å². The van der Waals surface area contributed by atoms with Crippen LogP contribution < -0.4 is 4.74 Å². The molecular formula is C15H19FO3. The lowest BCUT2D eigenvalue weighted by molar-refractivity contribution is -0.140. The van der Waals surface area contributed by atoms with Crippen molar-refractivity contribution in [3.05, 3.63) is 29.6 Å². The van der Waals surface area contributed by atoms with E-state index < -0.39 is 6.10 Å². The fourth-order valence-electron chi connectivity index (χ4n) is 3.48. The fourth-order valence-corrected chi connectivity index (χ4v) is 3.48. The van der Waals surface area contributed by atoms with E-state index in [0.29, 0.717) is 17.7 Å². The predicted octanol–water partition coefficient (Wildman–Crippen LogP) is 2.97. The van der Waals surface area contributed by atoms with E-state index in [2.05, 4.69) is 0 Å². The topological polar surface area (TPSA) is 38.7 Å². The van der Waals surface area contributed by atoms with Gasteiger partial charge in [0, 0.05) is 24.8 Å². The number of fused-ring (bicyclic) bond motifs is 1. The Kier molecular flexibility index (Phi) is 3.02. The Labute approximate surface area is 112 Å². The minimum Gasteiger partial charge on any atom is -0.487 e. The van der Waals surface area contributed by atoms with Gasteiger partial charge in [0.25, 0.3) is 0 Å². The molecule has 3 nitrogen and oxygen atoms in total. The Morgan fingerprint density at radius 1 is 1.21 bits per heavy atom. The van der Waals surface area contributed by atoms with Crippen LogP contribution in [0.5, 0.6) is 5.75 Å². The lowest BCUT2D eigenvalue weighted by Gasteiger charge is -2.46. The zero-order valence-corrected chi connectivity index (χ0v) is 11.2. The molecule has 3 atom stereocenters. The van der Waals surface area contributed by atoms with Crippen LogP contribution in [0.3, 0.4) is 0 Å². The van der Waals surface area contributed by atoms with E-state index in [0.717, 1.165) is 12.8 Å². The fraction of sp³-hybridized carbons (Fsp3) is 0.600. The Balaban J connectivity index is 1.94. The average Bonchev–Trinajstić information content (AvgIpc) is 2.28. The molecule has 1 aromatic rings. The lowest BCUT2D eigenvalue weighted by atomic mass is 9.79. The molecular weight excluding hydrogens is 247 g/mol. The van der Waals surface area contributed by atoms with Crippen molar-refractivity contribution in [2.24, 2.45) is 0 Å². The smallest absolute Gasteiger partial charge is 0.126 e. The number of hydrogen-bond acceptors (Lipinski definition) is 3. The van der Waals surface area contributed by atoms with Crippen molar-refractivity contribution in [1.82, 2.24) is 0 Å². The zero-order chi connectivity index (χ0) is 13.6. The summed E-state index contributed by atoms with van der Waals surface area (Å²) in [6.45, 7) is 4.04. The van der Waals surface area contributed by atoms with Gasteiger partial charge in [-0.1, -0.05) is 0 Å². The van der Waals surface area contributed by atoms with Crippen molar-refractivity contribution in [3.63, 3.8) is 0 Å². The van der Waals surface area contributed by atoms with Crippen LogP contribution in [0.2, 0.25) is 0 Å². The Bertz CT molecular complexity index is 478. The number of hydrogen-bond donors (Lipinski definition) is 1. The molecule has 2 aliphatic heterocycles. The van der Waals surface area contributed by atoms with Gasteiger partial charge in [-0.05, 0) is 32.0 Å². The maximum absolute atomic E-state index is 13.2. The third-order valence-electron chi connectivity index (χ3n) is 4.01. The summed E-state index contributed by atoms with van der Waals surface area (Å²) in [4.78, 5) is 0. The molecule has 0 aromatic heterocycles. The minimum atomic E-state index is -0.669. The van der Waals surface area contributed by atoms with E-state index in [-0.39, 0.29) is 23.6 Å². The maximum atomic E-state index is 13.2. The quantitative estimate of drug-likeness (QED) is 0.784. The third kappa shape index (κ3) is 2.35. The second kappa shape index (κ2) is 4.46. The van der Waals surface area contributed by atoms with E-state index >= 15 is 0 Å². The van der Waals surface area contributed by atoms with Gasteiger partial charge in [-0.3, -0.25) is 0 Å². The summed E-state index contributed by atoms with van der Waals surface area (Å²) in [5.41, 5.74) is 0.166. The number of aliphatic hydroxyl groups excluding tert-OH is 1. The summed E-state index contributed by atoms with van der Waals surface area (Å²) in [6, 6.07) is 4.34. The molecule has 1 N–H and O–H groups in total. The Hall–Kier alpha value is -1.13. The largest absolute Gasteiger partial charge is 0.487 e. The highest BCUT2D eigenvalue weighted by molar-refractivity contribution is 5.38. The zero-order valence-electron chi connectivity index (χ0n) is 11.2. The van der Waals surface area contributed by atoms with Gasteiger partial charge in [-0.2, -0.15) is 0 Å². The van der Waals surface area contributed by atoms with Crippen LogP contribution in [0.1, 0.15) is 44.8 Å². The van der Waals surface area contributed by atoms with E-state index in [9.17, 15) is 9.50 Å². The molecule has 1 fully saturated rings. The van der Waals surface area contributed by atoms with E-state index in [1.165, 1.54) is 12.1 Å². The number of rotatable bonds is 0. The first-order valence-corrected chi connectivity index (χ1v) is 6.79. The van der Waals surface area contributed by atoms with Crippen molar-refractivity contribution in [3.8, 4) is 5.75 Å². The first kappa shape index (κ1) is 12.9. The first-order valence-electron chi connectivity index (χ1n) is 6.79. The molecule has 0 radical (unpaired) electrons. The molecule has 0 amide bonds. The molecule has 19 heavy (non-hydrogen) atoms. The second-order valence-electron chi connectivity index (χ2n) is 5.85. The molecule has 3 rings (SSSR count). The maximum Gasteiger partial charge on any atom is 0.126 e. The molecule has 104 valence electrons. The van der Waals surface area contributed by atoms with Crippen LogP contribution in [-0.2, 0) is 4.74 Å². The molecule has 0 saturated carbocycles. The standard InChI is InChI=1S/C15H19FO3/c1-9-6-15(7-10(2)18-9)8-13(17)12-5-11(16)3-4-14(12)19-15/h3-5,9-10,13,17H,6-8H2,1-2H3/t9?,10?,13-,15?/m1/s1. The Morgan fingerprint density at radius 2 is 1.89 bits per heavy atom. The van der Waals surface area contributed by atoms with Crippen molar-refractivity contribution in [1.29, 1.82) is 0 Å². The van der Waals surface area contributed by atoms with Gasteiger partial charge in [0.15, 0.2) is 0 Å². The van der Waals surface area contributed by atoms with E-state index in [1.54, 1.807) is 6.07 Å². The molecule has 1 spiro atoms. The van der Waals surface area contributed by atoms with Gasteiger partial charge in [0.1, 0.15) is 17.2 Å². The lowest BCUT2D eigenvalue weighted by Crippen LogP contribution is -2.50. The molecule has 2 aliphatic rings. The van der Waals surface area contributed by atoms with Crippen LogP contribution in [0.15, 0.2) is 18.2 Å². The predicted molar refractivity (Wildman–Crippen MR) is 68.6 cm³/mol. The molecule has 4 heteroatoms. The normalized spacial score (nSPS) is 37.8. The third-order valence-corrected chi connectivity index (χ3v) is 4.01. The van der Waals surface area contributed by atoms with Crippen LogP contribution in [0, 0.1) is 5.82 Å². The SMILES string of the molecule is CC1CC2(CC(C)O1)C[C@@H](O)c1cc(F)ccc1O2. The second-order valence-corrected chi connectivity index (χ2v) is 5.85. The number of ether oxygens (including phenoxy) is 2. The number of benzene rings is 1. The summed E-state index contributed by atoms with van der Waals surface area (Å²) < 4.78 is 25.1. The van der Waals surface area contributed by atoms with Crippen LogP contribution in [0.25, 0.3) is 0 Å². The highest BCUT2D eigenvalue weighted by Gasteiger charge is 2.45. The van der Waals surface area contributed by atoms with Crippen LogP contribution in [-0.4, -0.2) is 22.9 Å². The van der Waals surface area contributed by atoms with Crippen molar-refractivity contribution in [2.45, 2.75) is 57.0 Å². The molecule has 1 aromatic carbocycles. The molecule has 2 unspecified atom stereocenters. The average molecular weight is 266 g/mol. The monoisotopic (exact) mass is 266 g/mol. The summed E-state index contributed by atoms with van der Waals surface area (Å²) >= 11 is 0. The van der Waals surface area contributed by atoms with Crippen molar-refractivity contribution in [2.75, 3.05) is 0 Å². The minimum absolute atomic E-state index is 0.109. The highest BCUT2D eigenvalue weighted by atomic mass is 19.1. The molecule has 0 bridgehead atoms. The van der Waals surface area contributed by atoms with Crippen LogP contribution in [0.4, 0.5) is 4.39 Å². The molecule has 2 heterocycles. The van der Waals surface area contributed by atoms with Gasteiger partial charge in [0.2, 0.25) is 0 Å². The molecule has 1 saturated heterocycles. The van der Waals surface area contributed by atoms with Crippen molar-refractivity contribution < 1.29 is 19.0 Å². The number of halogens is 1. The van der Waals surface area contributed by atoms with Gasteiger partial charge in [-0.25, -0.2) is 4.39 Å². The Morgan fingerprint density at radius 3 is 2.58 bits per heavy atom. The van der Waals surface area contributed by atoms with E-state index in [1.807, 2.05) is 13.8 Å². The summed E-state index contributed by atoms with van der Waals surface area (Å²) in [6.07, 6.45) is 1.56. The van der Waals surface area contributed by atoms with Gasteiger partial charge in [0.05, 0.1) is 18.3 Å². The van der Waals surface area contributed by atoms with Crippen molar-refractivity contribution >= 4 is 0 Å². The summed E-state index contributed by atoms with van der Waals surface area (Å²) in [5.74, 6) is 0.257. The number of aliphatic hydroxyl groups is 1. The van der Waals surface area contributed by atoms with E-state index in [4.69, 9.17) is 9.47 Å².